The van der Waals surface area contributed by atoms with Crippen LogP contribution in [0, 0.1) is 12.8 Å². The molecule has 3 aromatic rings. The monoisotopic (exact) mass is 463 g/mol. The molecule has 170 valence electrons. The van der Waals surface area contributed by atoms with E-state index in [9.17, 15) is 18.0 Å². The van der Waals surface area contributed by atoms with Crippen molar-refractivity contribution in [3.8, 4) is 0 Å². The van der Waals surface area contributed by atoms with E-state index in [2.05, 4.69) is 5.32 Å². The molecular weight excluding hydrogens is 438 g/mol. The van der Waals surface area contributed by atoms with Gasteiger partial charge in [-0.05, 0) is 61.7 Å². The number of aromatic nitrogens is 1. The van der Waals surface area contributed by atoms with Crippen molar-refractivity contribution in [1.82, 2.24) is 8.87 Å². The van der Waals surface area contributed by atoms with Gasteiger partial charge in [-0.1, -0.05) is 23.8 Å². The Morgan fingerprint density at radius 1 is 0.939 bits per heavy atom. The molecule has 1 fully saturated rings. The molecule has 2 aromatic carbocycles. The van der Waals surface area contributed by atoms with Crippen molar-refractivity contribution >= 4 is 21.6 Å². The zero-order valence-corrected chi connectivity index (χ0v) is 19.1. The maximum atomic E-state index is 13.4. The predicted molar refractivity (Wildman–Crippen MR) is 126 cm³/mol. The predicted octanol–water partition coefficient (Wildman–Crippen LogP) is 3.22. The molecular formula is C25H25N3O4S. The van der Waals surface area contributed by atoms with Crippen molar-refractivity contribution in [2.75, 3.05) is 18.4 Å². The third-order valence-electron chi connectivity index (χ3n) is 6.51. The number of piperidine rings is 1. The van der Waals surface area contributed by atoms with Gasteiger partial charge in [0.15, 0.2) is 0 Å². The van der Waals surface area contributed by atoms with E-state index in [0.29, 0.717) is 30.9 Å². The molecule has 0 spiro atoms. The molecule has 3 heterocycles. The molecule has 1 saturated heterocycles. The summed E-state index contributed by atoms with van der Waals surface area (Å²) in [7, 11) is -3.69. The summed E-state index contributed by atoms with van der Waals surface area (Å²) < 4.78 is 30.0. The second-order valence-corrected chi connectivity index (χ2v) is 10.8. The second-order valence-electron chi connectivity index (χ2n) is 8.86. The van der Waals surface area contributed by atoms with Gasteiger partial charge in [-0.15, -0.1) is 0 Å². The minimum atomic E-state index is -3.69. The fraction of sp³-hybridized carbons (Fsp3) is 0.280. The molecule has 1 N–H and O–H groups in total. The Labute approximate surface area is 192 Å². The van der Waals surface area contributed by atoms with Gasteiger partial charge >= 0.3 is 0 Å². The molecule has 0 radical (unpaired) electrons. The van der Waals surface area contributed by atoms with Gasteiger partial charge in [0.2, 0.25) is 10.0 Å². The Morgan fingerprint density at radius 3 is 2.39 bits per heavy atom. The zero-order chi connectivity index (χ0) is 23.2. The van der Waals surface area contributed by atoms with Crippen LogP contribution in [0.2, 0.25) is 0 Å². The average Bonchev–Trinajstić information content (AvgIpc) is 2.80. The Bertz CT molecular complexity index is 1360. The van der Waals surface area contributed by atoms with Crippen LogP contribution in [0.3, 0.4) is 0 Å². The highest BCUT2D eigenvalue weighted by Crippen LogP contribution is 2.37. The van der Waals surface area contributed by atoms with Crippen LogP contribution >= 0.6 is 0 Å². The standard InChI is InChI=1S/C25H25N3O4S/c1-17-5-7-19(8-6-17)25(30)26-21-9-11-22(12-10-21)33(31,32)27-14-18-13-20(16-27)23-3-2-4-24(29)28(23)15-18/h2-12,18,20H,13-16H2,1H3,(H,26,30)/t18-,20-/m1/s1. The fourth-order valence-electron chi connectivity index (χ4n) is 4.82. The minimum absolute atomic E-state index is 0.00856. The highest BCUT2D eigenvalue weighted by atomic mass is 32.2. The summed E-state index contributed by atoms with van der Waals surface area (Å²) in [6.45, 7) is 3.25. The zero-order valence-electron chi connectivity index (χ0n) is 18.3. The van der Waals surface area contributed by atoms with E-state index in [0.717, 1.165) is 17.7 Å². The second kappa shape index (κ2) is 8.28. The lowest BCUT2D eigenvalue weighted by Gasteiger charge is -2.42. The van der Waals surface area contributed by atoms with Crippen LogP contribution in [0.5, 0.6) is 0 Å². The number of anilines is 1. The number of aryl methyl sites for hydroxylation is 1. The molecule has 1 aromatic heterocycles. The van der Waals surface area contributed by atoms with Crippen LogP contribution in [-0.4, -0.2) is 36.3 Å². The number of rotatable bonds is 4. The summed E-state index contributed by atoms with van der Waals surface area (Å²) in [5.41, 5.74) is 3.02. The number of hydrogen-bond donors (Lipinski definition) is 1. The molecule has 2 aliphatic heterocycles. The van der Waals surface area contributed by atoms with Gasteiger partial charge in [0.05, 0.1) is 4.90 Å². The SMILES string of the molecule is Cc1ccc(C(=O)Nc2ccc(S(=O)(=O)N3C[C@H]4C[C@H](C3)c3cccc(=O)n3C4)cc2)cc1. The first-order valence-electron chi connectivity index (χ1n) is 11.0. The van der Waals surface area contributed by atoms with Crippen LogP contribution in [0.25, 0.3) is 0 Å². The van der Waals surface area contributed by atoms with Crippen molar-refractivity contribution < 1.29 is 13.2 Å². The summed E-state index contributed by atoms with van der Waals surface area (Å²) in [5.74, 6) is -0.128. The largest absolute Gasteiger partial charge is 0.322 e. The van der Waals surface area contributed by atoms with Crippen molar-refractivity contribution in [3.05, 3.63) is 93.9 Å². The van der Waals surface area contributed by atoms with Crippen LogP contribution in [0.1, 0.15) is 34.0 Å². The van der Waals surface area contributed by atoms with Gasteiger partial charge < -0.3 is 9.88 Å². The van der Waals surface area contributed by atoms with Crippen molar-refractivity contribution in [2.45, 2.75) is 30.7 Å². The first kappa shape index (κ1) is 21.6. The third-order valence-corrected chi connectivity index (χ3v) is 8.36. The smallest absolute Gasteiger partial charge is 0.255 e. The topological polar surface area (TPSA) is 88.5 Å². The number of fused-ring (bicyclic) bond motifs is 4. The number of sulfonamides is 1. The molecule has 0 aliphatic carbocycles. The van der Waals surface area contributed by atoms with Crippen molar-refractivity contribution in [2.24, 2.45) is 5.92 Å². The van der Waals surface area contributed by atoms with Crippen LogP contribution < -0.4 is 10.9 Å². The van der Waals surface area contributed by atoms with Gasteiger partial charge in [0.25, 0.3) is 11.5 Å². The number of pyridine rings is 1. The molecule has 0 unspecified atom stereocenters. The summed E-state index contributed by atoms with van der Waals surface area (Å²) in [4.78, 5) is 24.8. The van der Waals surface area contributed by atoms with Crippen LogP contribution in [0.15, 0.2) is 76.4 Å². The van der Waals surface area contributed by atoms with Gasteiger partial charge in [-0.3, -0.25) is 9.59 Å². The van der Waals surface area contributed by atoms with E-state index in [1.54, 1.807) is 41.0 Å². The molecule has 1 amide bonds. The fourth-order valence-corrected chi connectivity index (χ4v) is 6.38. The molecule has 2 bridgehead atoms. The third kappa shape index (κ3) is 4.12. The van der Waals surface area contributed by atoms with Crippen LogP contribution in [-0.2, 0) is 16.6 Å². The van der Waals surface area contributed by atoms with E-state index in [1.165, 1.54) is 16.4 Å². The normalized spacial score (nSPS) is 20.2. The molecule has 5 rings (SSSR count). The highest BCUT2D eigenvalue weighted by Gasteiger charge is 2.39. The number of nitrogens with zero attached hydrogens (tertiary/aromatic N) is 2. The van der Waals surface area contributed by atoms with Gasteiger partial charge in [0.1, 0.15) is 0 Å². The number of amides is 1. The van der Waals surface area contributed by atoms with E-state index < -0.39 is 10.0 Å². The highest BCUT2D eigenvalue weighted by molar-refractivity contribution is 7.89. The number of carbonyl (C=O) groups is 1. The Kier molecular flexibility index (Phi) is 5.42. The maximum Gasteiger partial charge on any atom is 0.255 e. The number of hydrogen-bond acceptors (Lipinski definition) is 4. The van der Waals surface area contributed by atoms with E-state index in [1.807, 2.05) is 25.1 Å². The number of benzene rings is 2. The Balaban J connectivity index is 1.33. The number of nitrogens with one attached hydrogen (secondary N) is 1. The Morgan fingerprint density at radius 2 is 1.67 bits per heavy atom. The summed E-state index contributed by atoms with van der Waals surface area (Å²) in [5, 5.41) is 2.80. The van der Waals surface area contributed by atoms with Gasteiger partial charge in [0, 0.05) is 48.6 Å². The lowest BCUT2D eigenvalue weighted by molar-refractivity contribution is 0.102. The molecule has 8 heteroatoms. The average molecular weight is 464 g/mol. The molecule has 2 atom stereocenters. The molecule has 33 heavy (non-hydrogen) atoms. The first-order valence-corrected chi connectivity index (χ1v) is 12.4. The van der Waals surface area contributed by atoms with E-state index in [4.69, 9.17) is 0 Å². The van der Waals surface area contributed by atoms with E-state index >= 15 is 0 Å². The quantitative estimate of drug-likeness (QED) is 0.644. The van der Waals surface area contributed by atoms with Crippen LogP contribution in [0.4, 0.5) is 5.69 Å². The minimum Gasteiger partial charge on any atom is -0.322 e. The molecule has 0 saturated carbocycles. The summed E-state index contributed by atoms with van der Waals surface area (Å²) >= 11 is 0. The molecule has 2 aliphatic rings. The van der Waals surface area contributed by atoms with Crippen molar-refractivity contribution in [1.29, 1.82) is 0 Å². The summed E-state index contributed by atoms with van der Waals surface area (Å²) in [6, 6.07) is 18.7. The Hall–Kier alpha value is -3.23. The lowest BCUT2D eigenvalue weighted by Crippen LogP contribution is -2.48. The van der Waals surface area contributed by atoms with E-state index in [-0.39, 0.29) is 28.2 Å². The van der Waals surface area contributed by atoms with Gasteiger partial charge in [-0.25, -0.2) is 8.42 Å². The summed E-state index contributed by atoms with van der Waals surface area (Å²) in [6.07, 6.45) is 0.888. The first-order chi connectivity index (χ1) is 15.8. The number of carbonyl (C=O) groups excluding carboxylic acids is 1. The lowest BCUT2D eigenvalue weighted by atomic mass is 9.84. The van der Waals surface area contributed by atoms with Crippen molar-refractivity contribution in [3.63, 3.8) is 0 Å². The molecule has 7 nitrogen and oxygen atoms in total. The van der Waals surface area contributed by atoms with Gasteiger partial charge in [-0.2, -0.15) is 4.31 Å². The maximum absolute atomic E-state index is 13.4.